The van der Waals surface area contributed by atoms with Gasteiger partial charge in [-0.25, -0.2) is 0 Å². The molecule has 0 aromatic heterocycles. The van der Waals surface area contributed by atoms with Crippen molar-refractivity contribution in [3.05, 3.63) is 35.4 Å². The minimum atomic E-state index is 0.165. The molecule has 1 fully saturated rings. The largest absolute Gasteiger partial charge is 0.339 e. The molecule has 0 atom stereocenters. The first-order valence-electron chi connectivity index (χ1n) is 8.56. The van der Waals surface area contributed by atoms with Crippen LogP contribution < -0.4 is 5.32 Å². The Labute approximate surface area is 134 Å². The first-order valence-corrected chi connectivity index (χ1v) is 8.56. The monoisotopic (exact) mass is 303 g/mol. The van der Waals surface area contributed by atoms with Gasteiger partial charge in [-0.05, 0) is 31.0 Å². The number of piperazine rings is 1. The van der Waals surface area contributed by atoms with Crippen molar-refractivity contribution in [2.75, 3.05) is 39.3 Å². The zero-order valence-corrected chi connectivity index (χ0v) is 14.0. The Balaban J connectivity index is 2.01. The quantitative estimate of drug-likeness (QED) is 0.840. The number of nitrogens with zero attached hydrogens (tertiary/aromatic N) is 2. The normalized spacial score (nSPS) is 15.7. The van der Waals surface area contributed by atoms with Crippen LogP contribution in [0.1, 0.15) is 42.6 Å². The summed E-state index contributed by atoms with van der Waals surface area (Å²) in [6, 6.07) is 8.15. The molecule has 0 unspecified atom stereocenters. The molecule has 1 N–H and O–H groups in total. The molecule has 4 nitrogen and oxygen atoms in total. The summed E-state index contributed by atoms with van der Waals surface area (Å²) in [4.78, 5) is 17.0. The minimum Gasteiger partial charge on any atom is -0.339 e. The molecular formula is C18H29N3O. The van der Waals surface area contributed by atoms with Gasteiger partial charge >= 0.3 is 0 Å². The molecule has 0 aliphatic carbocycles. The number of rotatable bonds is 7. The van der Waals surface area contributed by atoms with Crippen LogP contribution in [0.3, 0.4) is 0 Å². The fourth-order valence-electron chi connectivity index (χ4n) is 2.86. The summed E-state index contributed by atoms with van der Waals surface area (Å²) >= 11 is 0. The minimum absolute atomic E-state index is 0.165. The SMILES string of the molecule is CCCCN(CC)C(=O)c1cccc(CN2CCNCC2)c1. The van der Waals surface area contributed by atoms with Gasteiger partial charge in [-0.3, -0.25) is 9.69 Å². The lowest BCUT2D eigenvalue weighted by atomic mass is 10.1. The fourth-order valence-corrected chi connectivity index (χ4v) is 2.86. The lowest BCUT2D eigenvalue weighted by Crippen LogP contribution is -2.42. The highest BCUT2D eigenvalue weighted by Crippen LogP contribution is 2.12. The second-order valence-electron chi connectivity index (χ2n) is 5.96. The van der Waals surface area contributed by atoms with Crippen LogP contribution >= 0.6 is 0 Å². The first-order chi connectivity index (χ1) is 10.7. The smallest absolute Gasteiger partial charge is 0.253 e. The molecule has 2 rings (SSSR count). The molecule has 0 bridgehead atoms. The van der Waals surface area contributed by atoms with Crippen molar-refractivity contribution in [2.45, 2.75) is 33.2 Å². The molecule has 1 amide bonds. The van der Waals surface area contributed by atoms with Gasteiger partial charge in [-0.2, -0.15) is 0 Å². The van der Waals surface area contributed by atoms with E-state index in [0.29, 0.717) is 0 Å². The Morgan fingerprint density at radius 3 is 2.73 bits per heavy atom. The van der Waals surface area contributed by atoms with Gasteiger partial charge in [0.25, 0.3) is 5.91 Å². The second kappa shape index (κ2) is 8.91. The summed E-state index contributed by atoms with van der Waals surface area (Å²) in [5.41, 5.74) is 2.06. The van der Waals surface area contributed by atoms with Crippen molar-refractivity contribution in [1.82, 2.24) is 15.1 Å². The Morgan fingerprint density at radius 2 is 2.05 bits per heavy atom. The van der Waals surface area contributed by atoms with E-state index in [1.165, 1.54) is 5.56 Å². The Bertz CT molecular complexity index is 469. The van der Waals surface area contributed by atoms with E-state index in [0.717, 1.165) is 64.2 Å². The van der Waals surface area contributed by atoms with Crippen LogP contribution in [0.15, 0.2) is 24.3 Å². The van der Waals surface area contributed by atoms with Gasteiger partial charge in [0.1, 0.15) is 0 Å². The van der Waals surface area contributed by atoms with Crippen LogP contribution in [0.4, 0.5) is 0 Å². The van der Waals surface area contributed by atoms with E-state index in [1.807, 2.05) is 17.0 Å². The van der Waals surface area contributed by atoms with Crippen molar-refractivity contribution >= 4 is 5.91 Å². The van der Waals surface area contributed by atoms with Crippen molar-refractivity contribution < 1.29 is 4.79 Å². The van der Waals surface area contributed by atoms with E-state index in [9.17, 15) is 4.79 Å². The highest BCUT2D eigenvalue weighted by atomic mass is 16.2. The van der Waals surface area contributed by atoms with Crippen molar-refractivity contribution in [3.8, 4) is 0 Å². The maximum absolute atomic E-state index is 12.6. The van der Waals surface area contributed by atoms with Gasteiger partial charge in [-0.1, -0.05) is 25.5 Å². The van der Waals surface area contributed by atoms with E-state index >= 15 is 0 Å². The number of nitrogens with one attached hydrogen (secondary N) is 1. The number of hydrogen-bond acceptors (Lipinski definition) is 3. The van der Waals surface area contributed by atoms with Gasteiger partial charge in [-0.15, -0.1) is 0 Å². The molecule has 4 heteroatoms. The fraction of sp³-hybridized carbons (Fsp3) is 0.611. The molecule has 1 saturated heterocycles. The van der Waals surface area contributed by atoms with Gasteiger partial charge in [0.15, 0.2) is 0 Å². The molecule has 0 saturated carbocycles. The third kappa shape index (κ3) is 4.82. The molecule has 0 spiro atoms. The molecule has 1 aliphatic heterocycles. The average Bonchev–Trinajstić information content (AvgIpc) is 2.56. The molecule has 1 heterocycles. The highest BCUT2D eigenvalue weighted by molar-refractivity contribution is 5.94. The van der Waals surface area contributed by atoms with Crippen LogP contribution in [-0.2, 0) is 6.54 Å². The third-order valence-electron chi connectivity index (χ3n) is 4.24. The van der Waals surface area contributed by atoms with Crippen LogP contribution in [0.25, 0.3) is 0 Å². The molecule has 122 valence electrons. The summed E-state index contributed by atoms with van der Waals surface area (Å²) in [5.74, 6) is 0.165. The summed E-state index contributed by atoms with van der Waals surface area (Å²) in [6.07, 6.45) is 2.19. The summed E-state index contributed by atoms with van der Waals surface area (Å²) < 4.78 is 0. The maximum Gasteiger partial charge on any atom is 0.253 e. The molecule has 1 aromatic carbocycles. The molecule has 1 aromatic rings. The molecular weight excluding hydrogens is 274 g/mol. The standard InChI is InChI=1S/C18H29N3O/c1-3-5-11-21(4-2)18(22)17-8-6-7-16(14-17)15-20-12-9-19-10-13-20/h6-8,14,19H,3-5,9-13,15H2,1-2H3. The van der Waals surface area contributed by atoms with E-state index in [-0.39, 0.29) is 5.91 Å². The van der Waals surface area contributed by atoms with E-state index in [2.05, 4.69) is 36.2 Å². The van der Waals surface area contributed by atoms with Gasteiger partial charge in [0.2, 0.25) is 0 Å². The number of unbranched alkanes of at least 4 members (excludes halogenated alkanes) is 1. The molecule has 22 heavy (non-hydrogen) atoms. The molecule has 1 aliphatic rings. The molecule has 0 radical (unpaired) electrons. The van der Waals surface area contributed by atoms with Crippen LogP contribution in [0, 0.1) is 0 Å². The summed E-state index contributed by atoms with van der Waals surface area (Å²) in [5, 5.41) is 3.37. The number of carbonyl (C=O) groups excluding carboxylic acids is 1. The van der Waals surface area contributed by atoms with E-state index in [1.54, 1.807) is 0 Å². The average molecular weight is 303 g/mol. The van der Waals surface area contributed by atoms with E-state index in [4.69, 9.17) is 0 Å². The number of amides is 1. The van der Waals surface area contributed by atoms with Crippen molar-refractivity contribution in [3.63, 3.8) is 0 Å². The number of benzene rings is 1. The Morgan fingerprint density at radius 1 is 1.27 bits per heavy atom. The van der Waals surface area contributed by atoms with Crippen LogP contribution in [0.2, 0.25) is 0 Å². The van der Waals surface area contributed by atoms with Crippen LogP contribution in [0.5, 0.6) is 0 Å². The zero-order valence-electron chi connectivity index (χ0n) is 14.0. The van der Waals surface area contributed by atoms with E-state index < -0.39 is 0 Å². The lowest BCUT2D eigenvalue weighted by Gasteiger charge is -2.27. The zero-order chi connectivity index (χ0) is 15.8. The lowest BCUT2D eigenvalue weighted by molar-refractivity contribution is 0.0762. The highest BCUT2D eigenvalue weighted by Gasteiger charge is 2.15. The topological polar surface area (TPSA) is 35.6 Å². The van der Waals surface area contributed by atoms with Gasteiger partial charge in [0.05, 0.1) is 0 Å². The van der Waals surface area contributed by atoms with Crippen molar-refractivity contribution in [1.29, 1.82) is 0 Å². The summed E-state index contributed by atoms with van der Waals surface area (Å²) in [6.45, 7) is 11.0. The predicted octanol–water partition coefficient (Wildman–Crippen LogP) is 2.35. The van der Waals surface area contributed by atoms with Gasteiger partial charge < -0.3 is 10.2 Å². The third-order valence-corrected chi connectivity index (χ3v) is 4.24. The van der Waals surface area contributed by atoms with Gasteiger partial charge in [0, 0.05) is 51.4 Å². The predicted molar refractivity (Wildman–Crippen MR) is 91.1 cm³/mol. The Hall–Kier alpha value is -1.39. The first kappa shape index (κ1) is 17.0. The second-order valence-corrected chi connectivity index (χ2v) is 5.96. The number of carbonyl (C=O) groups is 1. The Kier molecular flexibility index (Phi) is 6.87. The van der Waals surface area contributed by atoms with Crippen molar-refractivity contribution in [2.24, 2.45) is 0 Å². The number of hydrogen-bond donors (Lipinski definition) is 1. The van der Waals surface area contributed by atoms with Crippen LogP contribution in [-0.4, -0.2) is 55.0 Å². The summed E-state index contributed by atoms with van der Waals surface area (Å²) in [7, 11) is 0. The maximum atomic E-state index is 12.6.